The number of carbonyl (C=O) groups excluding carboxylic acids is 2. The molecule has 0 unspecified atom stereocenters. The number of rotatable bonds is 13. The van der Waals surface area contributed by atoms with Gasteiger partial charge in [-0.05, 0) is 54.3 Å². The minimum atomic E-state index is -1.34. The van der Waals surface area contributed by atoms with E-state index in [-0.39, 0.29) is 11.4 Å². The minimum Gasteiger partial charge on any atom is -0.495 e. The molecule has 3 N–H and O–H groups in total. The van der Waals surface area contributed by atoms with Crippen LogP contribution in [0.1, 0.15) is 18.4 Å². The zero-order chi connectivity index (χ0) is 32.3. The Hall–Kier alpha value is -4.84. The first kappa shape index (κ1) is 31.2. The van der Waals surface area contributed by atoms with Crippen molar-refractivity contribution in [3.63, 3.8) is 0 Å². The number of ether oxygens (including phenoxy) is 3. The average molecular weight is 641 g/mol. The predicted octanol–water partition coefficient (Wildman–Crippen LogP) is 6.57. The molecule has 6 rings (SSSR count). The molecule has 0 spiro atoms. The Bertz CT molecular complexity index is 1890. The molecule has 1 aliphatic carbocycles. The molecule has 3 aromatic carbocycles. The van der Waals surface area contributed by atoms with Crippen molar-refractivity contribution in [1.29, 1.82) is 0 Å². The van der Waals surface area contributed by atoms with E-state index in [1.54, 1.807) is 49.7 Å². The normalized spacial score (nSPS) is 13.4. The van der Waals surface area contributed by atoms with E-state index in [0.717, 1.165) is 39.3 Å². The highest BCUT2D eigenvalue weighted by molar-refractivity contribution is 7.22. The molecule has 46 heavy (non-hydrogen) atoms. The van der Waals surface area contributed by atoms with E-state index in [9.17, 15) is 9.59 Å². The van der Waals surface area contributed by atoms with Crippen LogP contribution >= 0.6 is 11.3 Å². The van der Waals surface area contributed by atoms with Gasteiger partial charge in [0.2, 0.25) is 11.8 Å². The van der Waals surface area contributed by atoms with Gasteiger partial charge in [-0.15, -0.1) is 11.3 Å². The van der Waals surface area contributed by atoms with Crippen LogP contribution in [-0.2, 0) is 20.9 Å². The van der Waals surface area contributed by atoms with E-state index in [2.05, 4.69) is 34.6 Å². The number of carbonyl (C=O) groups is 2. The van der Waals surface area contributed by atoms with Gasteiger partial charge in [0.1, 0.15) is 16.9 Å². The summed E-state index contributed by atoms with van der Waals surface area (Å²) in [7, 11) is 3.16. The number of primary amides is 1. The number of methoxy groups -OCH3 is 2. The standard InChI is InChI=1S/C35H33FN4O5S/c1-43-18-17-38-21-22-7-9-23(10-8-22)31-20-26-32(46-31)30(13-16-39-26)45-28-12-11-24(19-25(28)36)40(27-5-3-4-6-29(27)44-2)34(42)35(14-15-35)33(37)41/h3-13,16,19-20,38H,14-15,17-18,21H2,1-2H3,(H2,37,41). The topological polar surface area (TPSA) is 116 Å². The fourth-order valence-electron chi connectivity index (χ4n) is 5.25. The fraction of sp³-hybridized carbons (Fsp3) is 0.229. The van der Waals surface area contributed by atoms with E-state index in [1.807, 2.05) is 6.07 Å². The van der Waals surface area contributed by atoms with Gasteiger partial charge < -0.3 is 25.3 Å². The van der Waals surface area contributed by atoms with Gasteiger partial charge in [-0.25, -0.2) is 4.39 Å². The van der Waals surface area contributed by atoms with Crippen LogP contribution in [0.5, 0.6) is 17.2 Å². The second-order valence-corrected chi connectivity index (χ2v) is 12.0. The van der Waals surface area contributed by atoms with Crippen molar-refractivity contribution in [2.45, 2.75) is 19.4 Å². The van der Waals surface area contributed by atoms with Crippen LogP contribution in [0.25, 0.3) is 20.7 Å². The third-order valence-electron chi connectivity index (χ3n) is 7.98. The van der Waals surface area contributed by atoms with Gasteiger partial charge in [-0.2, -0.15) is 0 Å². The molecule has 0 saturated heterocycles. The Balaban J connectivity index is 1.27. The highest BCUT2D eigenvalue weighted by Gasteiger charge is 2.57. The minimum absolute atomic E-state index is 0.0278. The number of nitrogens with one attached hydrogen (secondary N) is 1. The predicted molar refractivity (Wildman–Crippen MR) is 176 cm³/mol. The molecule has 1 fully saturated rings. The number of aromatic nitrogens is 1. The molecule has 1 aliphatic rings. The number of anilines is 2. The molecule has 2 amide bonds. The van der Waals surface area contributed by atoms with Crippen LogP contribution in [0.3, 0.4) is 0 Å². The molecule has 0 bridgehead atoms. The summed E-state index contributed by atoms with van der Waals surface area (Å²) in [5, 5.41) is 3.34. The van der Waals surface area contributed by atoms with Crippen molar-refractivity contribution in [3.05, 3.63) is 96.4 Å². The first-order chi connectivity index (χ1) is 22.3. The fourth-order valence-corrected chi connectivity index (χ4v) is 6.32. The molecule has 9 nitrogen and oxygen atoms in total. The molecule has 0 aliphatic heterocycles. The average Bonchev–Trinajstić information content (AvgIpc) is 3.78. The summed E-state index contributed by atoms with van der Waals surface area (Å²) in [6, 6.07) is 23.1. The van der Waals surface area contributed by atoms with Crippen molar-refractivity contribution in [3.8, 4) is 27.7 Å². The molecule has 236 valence electrons. The summed E-state index contributed by atoms with van der Waals surface area (Å²) < 4.78 is 33.2. The maximum Gasteiger partial charge on any atom is 0.247 e. The second-order valence-electron chi connectivity index (χ2n) is 11.0. The summed E-state index contributed by atoms with van der Waals surface area (Å²) >= 11 is 1.51. The molecule has 0 radical (unpaired) electrons. The highest BCUT2D eigenvalue weighted by atomic mass is 32.1. The monoisotopic (exact) mass is 640 g/mol. The molecule has 2 heterocycles. The Morgan fingerprint density at radius 2 is 1.78 bits per heavy atom. The maximum atomic E-state index is 15.8. The molecular formula is C35H33FN4O5S. The summed E-state index contributed by atoms with van der Waals surface area (Å²) in [6.45, 7) is 2.18. The smallest absolute Gasteiger partial charge is 0.247 e. The maximum absolute atomic E-state index is 15.8. The first-order valence-corrected chi connectivity index (χ1v) is 15.6. The van der Waals surface area contributed by atoms with Gasteiger partial charge in [0.05, 0.1) is 35.3 Å². The van der Waals surface area contributed by atoms with E-state index in [0.29, 0.717) is 36.6 Å². The van der Waals surface area contributed by atoms with Gasteiger partial charge in [0.25, 0.3) is 0 Å². The van der Waals surface area contributed by atoms with Crippen molar-refractivity contribution in [2.75, 3.05) is 32.3 Å². The third-order valence-corrected chi connectivity index (χ3v) is 9.17. The lowest BCUT2D eigenvalue weighted by Gasteiger charge is -2.28. The number of halogens is 1. The molecular weight excluding hydrogens is 607 g/mol. The Morgan fingerprint density at radius 1 is 1.00 bits per heavy atom. The van der Waals surface area contributed by atoms with Crippen molar-refractivity contribution >= 4 is 44.7 Å². The second kappa shape index (κ2) is 13.3. The Kier molecular flexibility index (Phi) is 8.98. The number of amides is 2. The van der Waals surface area contributed by atoms with Gasteiger partial charge in [-0.3, -0.25) is 19.5 Å². The number of fused-ring (bicyclic) bond motifs is 1. The lowest BCUT2D eigenvalue weighted by Crippen LogP contribution is -2.41. The third kappa shape index (κ3) is 6.17. The largest absolute Gasteiger partial charge is 0.495 e. The van der Waals surface area contributed by atoms with Crippen LogP contribution < -0.4 is 25.4 Å². The number of pyridine rings is 1. The SMILES string of the molecule is COCCNCc1ccc(-c2cc3nccc(Oc4ccc(N(C(=O)C5(C(N)=O)CC5)c5ccccc5OC)cc4F)c3s2)cc1. The van der Waals surface area contributed by atoms with E-state index in [1.165, 1.54) is 35.5 Å². The van der Waals surface area contributed by atoms with Crippen LogP contribution in [-0.4, -0.2) is 44.2 Å². The van der Waals surface area contributed by atoms with E-state index in [4.69, 9.17) is 19.9 Å². The number of nitrogens with two attached hydrogens (primary N) is 1. The lowest BCUT2D eigenvalue weighted by molar-refractivity contribution is -0.133. The summed E-state index contributed by atoms with van der Waals surface area (Å²) in [4.78, 5) is 32.9. The Morgan fingerprint density at radius 3 is 2.48 bits per heavy atom. The van der Waals surface area contributed by atoms with Gasteiger partial charge in [-0.1, -0.05) is 36.4 Å². The molecule has 5 aromatic rings. The van der Waals surface area contributed by atoms with Gasteiger partial charge in [0, 0.05) is 43.4 Å². The molecule has 0 atom stereocenters. The van der Waals surface area contributed by atoms with E-state index < -0.39 is 23.0 Å². The number of nitrogens with zero attached hydrogens (tertiary/aromatic N) is 2. The van der Waals surface area contributed by atoms with Gasteiger partial charge in [0.15, 0.2) is 11.6 Å². The van der Waals surface area contributed by atoms with E-state index >= 15 is 4.39 Å². The zero-order valence-electron chi connectivity index (χ0n) is 25.4. The van der Waals surface area contributed by atoms with Crippen LogP contribution in [0.2, 0.25) is 0 Å². The number of hydrogen-bond acceptors (Lipinski definition) is 8. The van der Waals surface area contributed by atoms with Crippen molar-refractivity contribution < 1.29 is 28.2 Å². The Labute approximate surface area is 269 Å². The zero-order valence-corrected chi connectivity index (χ0v) is 26.2. The number of hydrogen-bond donors (Lipinski definition) is 2. The molecule has 1 saturated carbocycles. The van der Waals surface area contributed by atoms with Gasteiger partial charge >= 0.3 is 0 Å². The summed E-state index contributed by atoms with van der Waals surface area (Å²) in [6.07, 6.45) is 2.28. The highest BCUT2D eigenvalue weighted by Crippen LogP contribution is 2.50. The number of thiophene rings is 1. The first-order valence-electron chi connectivity index (χ1n) is 14.8. The summed E-state index contributed by atoms with van der Waals surface area (Å²) in [5.74, 6) is -1.12. The van der Waals surface area contributed by atoms with Crippen LogP contribution in [0, 0.1) is 11.2 Å². The van der Waals surface area contributed by atoms with Crippen molar-refractivity contribution in [1.82, 2.24) is 10.3 Å². The number of para-hydroxylation sites is 2. The number of benzene rings is 3. The quantitative estimate of drug-likeness (QED) is 0.111. The van der Waals surface area contributed by atoms with Crippen molar-refractivity contribution in [2.24, 2.45) is 11.1 Å². The lowest BCUT2D eigenvalue weighted by atomic mass is 10.0. The van der Waals surface area contributed by atoms with Crippen LogP contribution in [0.15, 0.2) is 85.1 Å². The molecule has 11 heteroatoms. The summed E-state index contributed by atoms with van der Waals surface area (Å²) in [5.41, 5.74) is 7.80. The van der Waals surface area contributed by atoms with Crippen LogP contribution in [0.4, 0.5) is 15.8 Å². The molecule has 2 aromatic heterocycles.